The van der Waals surface area contributed by atoms with Gasteiger partial charge in [-0.1, -0.05) is 24.1 Å². The maximum absolute atomic E-state index is 12.9. The van der Waals surface area contributed by atoms with Crippen molar-refractivity contribution in [1.29, 1.82) is 0 Å². The van der Waals surface area contributed by atoms with Crippen LogP contribution in [0.2, 0.25) is 0 Å². The van der Waals surface area contributed by atoms with E-state index in [2.05, 4.69) is 4.72 Å². The molecule has 1 aliphatic heterocycles. The molecule has 1 heterocycles. The Bertz CT molecular complexity index is 754. The number of hydrogen-bond acceptors (Lipinski definition) is 4. The van der Waals surface area contributed by atoms with E-state index in [-0.39, 0.29) is 35.0 Å². The average molecular weight is 430 g/mol. The van der Waals surface area contributed by atoms with Gasteiger partial charge in [0.2, 0.25) is 15.9 Å². The molecule has 6 nitrogen and oxygen atoms in total. The number of aryl methyl sites for hydroxylation is 1. The molecular formula is C20H32ClN3O3S. The van der Waals surface area contributed by atoms with Gasteiger partial charge in [-0.05, 0) is 63.1 Å². The number of carbonyl (C=O) groups is 1. The van der Waals surface area contributed by atoms with Crippen LogP contribution in [-0.4, -0.2) is 45.4 Å². The van der Waals surface area contributed by atoms with Crippen LogP contribution < -0.4 is 10.5 Å². The third-order valence-electron chi connectivity index (χ3n) is 6.00. The SMILES string of the molecule is Cc1ccc(S(=O)(=O)NCC2CCCN(C(=O)[C@@H]3CCC[C@@H]3CN)C2)cc1.Cl. The molecule has 158 valence electrons. The molecular weight excluding hydrogens is 398 g/mol. The minimum absolute atomic E-state index is 0. The van der Waals surface area contributed by atoms with Gasteiger partial charge in [-0.3, -0.25) is 4.79 Å². The zero-order chi connectivity index (χ0) is 19.4. The van der Waals surface area contributed by atoms with Crippen molar-refractivity contribution in [3.05, 3.63) is 29.8 Å². The molecule has 0 spiro atoms. The first kappa shape index (κ1) is 23.1. The number of piperidine rings is 1. The number of likely N-dealkylation sites (tertiary alicyclic amines) is 1. The molecule has 28 heavy (non-hydrogen) atoms. The number of nitrogens with two attached hydrogens (primary N) is 1. The quantitative estimate of drug-likeness (QED) is 0.725. The standard InChI is InChI=1S/C20H31N3O3S.ClH/c1-15-7-9-18(10-8-15)27(25,26)22-13-16-4-3-11-23(14-16)20(24)19-6-2-5-17(19)12-21;/h7-10,16-17,19,22H,2-6,11-14,21H2,1H3;1H/t16?,17-,19-;/m1./s1. The van der Waals surface area contributed by atoms with E-state index in [1.54, 1.807) is 24.3 Å². The molecule has 3 atom stereocenters. The smallest absolute Gasteiger partial charge is 0.240 e. The van der Waals surface area contributed by atoms with Crippen molar-refractivity contribution in [2.45, 2.75) is 43.9 Å². The van der Waals surface area contributed by atoms with Crippen LogP contribution >= 0.6 is 12.4 Å². The Morgan fingerprint density at radius 2 is 1.89 bits per heavy atom. The Kier molecular flexibility index (Phi) is 8.30. The normalized spacial score (nSPS) is 25.4. The van der Waals surface area contributed by atoms with Gasteiger partial charge >= 0.3 is 0 Å². The van der Waals surface area contributed by atoms with Gasteiger partial charge in [0.05, 0.1) is 4.90 Å². The van der Waals surface area contributed by atoms with Gasteiger partial charge in [-0.15, -0.1) is 12.4 Å². The zero-order valence-electron chi connectivity index (χ0n) is 16.5. The van der Waals surface area contributed by atoms with Crippen LogP contribution in [0.1, 0.15) is 37.7 Å². The number of benzene rings is 1. The van der Waals surface area contributed by atoms with Gasteiger partial charge < -0.3 is 10.6 Å². The summed E-state index contributed by atoms with van der Waals surface area (Å²) in [7, 11) is -3.51. The van der Waals surface area contributed by atoms with Gasteiger partial charge in [0.25, 0.3) is 0 Å². The molecule has 1 aliphatic carbocycles. The Morgan fingerprint density at radius 1 is 1.18 bits per heavy atom. The van der Waals surface area contributed by atoms with E-state index in [0.717, 1.165) is 44.2 Å². The van der Waals surface area contributed by atoms with Crippen LogP contribution in [0.25, 0.3) is 0 Å². The number of nitrogens with zero attached hydrogens (tertiary/aromatic N) is 1. The second kappa shape index (κ2) is 10.1. The number of halogens is 1. The first-order valence-electron chi connectivity index (χ1n) is 9.96. The van der Waals surface area contributed by atoms with E-state index in [1.165, 1.54) is 0 Å². The molecule has 2 fully saturated rings. The van der Waals surface area contributed by atoms with Crippen LogP contribution in [0.5, 0.6) is 0 Å². The molecule has 3 rings (SSSR count). The monoisotopic (exact) mass is 429 g/mol. The fraction of sp³-hybridized carbons (Fsp3) is 0.650. The summed E-state index contributed by atoms with van der Waals surface area (Å²) in [5.74, 6) is 0.727. The molecule has 1 aromatic carbocycles. The minimum Gasteiger partial charge on any atom is -0.342 e. The van der Waals surface area contributed by atoms with Crippen LogP contribution in [0.15, 0.2) is 29.2 Å². The third-order valence-corrected chi connectivity index (χ3v) is 7.44. The van der Waals surface area contributed by atoms with Crippen LogP contribution in [0.3, 0.4) is 0 Å². The van der Waals surface area contributed by atoms with Crippen molar-refractivity contribution in [3.63, 3.8) is 0 Å². The predicted molar refractivity (Wildman–Crippen MR) is 113 cm³/mol. The lowest BCUT2D eigenvalue weighted by Gasteiger charge is -2.35. The number of hydrogen-bond donors (Lipinski definition) is 2. The Balaban J connectivity index is 0.00000280. The molecule has 1 unspecified atom stereocenters. The first-order chi connectivity index (χ1) is 12.9. The second-order valence-electron chi connectivity index (χ2n) is 7.99. The Hall–Kier alpha value is -1.15. The number of amides is 1. The van der Waals surface area contributed by atoms with Crippen molar-refractivity contribution < 1.29 is 13.2 Å². The first-order valence-corrected chi connectivity index (χ1v) is 11.4. The second-order valence-corrected chi connectivity index (χ2v) is 9.76. The number of nitrogens with one attached hydrogen (secondary N) is 1. The van der Waals surface area contributed by atoms with Crippen LogP contribution in [0, 0.1) is 24.7 Å². The lowest BCUT2D eigenvalue weighted by atomic mass is 9.92. The van der Waals surface area contributed by atoms with Crippen molar-refractivity contribution in [2.24, 2.45) is 23.5 Å². The van der Waals surface area contributed by atoms with E-state index in [0.29, 0.717) is 25.6 Å². The molecule has 1 aromatic rings. The summed E-state index contributed by atoms with van der Waals surface area (Å²) in [4.78, 5) is 15.1. The van der Waals surface area contributed by atoms with Crippen molar-refractivity contribution >= 4 is 28.3 Å². The molecule has 1 saturated carbocycles. The highest BCUT2D eigenvalue weighted by molar-refractivity contribution is 7.89. The van der Waals surface area contributed by atoms with E-state index in [1.807, 2.05) is 11.8 Å². The number of rotatable bonds is 6. The topological polar surface area (TPSA) is 92.5 Å². The predicted octanol–water partition coefficient (Wildman–Crippen LogP) is 2.31. The summed E-state index contributed by atoms with van der Waals surface area (Å²) in [6.07, 6.45) is 4.90. The summed E-state index contributed by atoms with van der Waals surface area (Å²) in [6.45, 7) is 4.27. The van der Waals surface area contributed by atoms with Gasteiger partial charge in [-0.25, -0.2) is 13.1 Å². The largest absolute Gasteiger partial charge is 0.342 e. The minimum atomic E-state index is -3.51. The molecule has 8 heteroatoms. The Morgan fingerprint density at radius 3 is 2.57 bits per heavy atom. The van der Waals surface area contributed by atoms with Crippen molar-refractivity contribution in [3.8, 4) is 0 Å². The van der Waals surface area contributed by atoms with Gasteiger partial charge in [0.15, 0.2) is 0 Å². The molecule has 3 N–H and O–H groups in total. The highest BCUT2D eigenvalue weighted by Gasteiger charge is 2.36. The van der Waals surface area contributed by atoms with Crippen molar-refractivity contribution in [1.82, 2.24) is 9.62 Å². The lowest BCUT2D eigenvalue weighted by molar-refractivity contribution is -0.138. The molecule has 1 amide bonds. The third kappa shape index (κ3) is 5.47. The highest BCUT2D eigenvalue weighted by Crippen LogP contribution is 2.33. The van der Waals surface area contributed by atoms with Crippen LogP contribution in [-0.2, 0) is 14.8 Å². The van der Waals surface area contributed by atoms with E-state index >= 15 is 0 Å². The zero-order valence-corrected chi connectivity index (χ0v) is 18.1. The van der Waals surface area contributed by atoms with Crippen molar-refractivity contribution in [2.75, 3.05) is 26.2 Å². The van der Waals surface area contributed by atoms with E-state index in [9.17, 15) is 13.2 Å². The molecule has 0 radical (unpaired) electrons. The fourth-order valence-electron chi connectivity index (χ4n) is 4.34. The average Bonchev–Trinajstić information content (AvgIpc) is 3.15. The van der Waals surface area contributed by atoms with Crippen LogP contribution in [0.4, 0.5) is 0 Å². The molecule has 0 aromatic heterocycles. The summed E-state index contributed by atoms with van der Waals surface area (Å²) < 4.78 is 27.7. The number of sulfonamides is 1. The summed E-state index contributed by atoms with van der Waals surface area (Å²) in [6, 6.07) is 6.85. The lowest BCUT2D eigenvalue weighted by Crippen LogP contribution is -2.46. The van der Waals surface area contributed by atoms with Gasteiger partial charge in [-0.2, -0.15) is 0 Å². The highest BCUT2D eigenvalue weighted by atomic mass is 35.5. The number of carbonyl (C=O) groups excluding carboxylic acids is 1. The summed E-state index contributed by atoms with van der Waals surface area (Å²) in [5, 5.41) is 0. The fourth-order valence-corrected chi connectivity index (χ4v) is 5.45. The van der Waals surface area contributed by atoms with Gasteiger partial charge in [0, 0.05) is 25.6 Å². The molecule has 2 aliphatic rings. The maximum atomic E-state index is 12.9. The van der Waals surface area contributed by atoms with E-state index < -0.39 is 10.0 Å². The molecule has 0 bridgehead atoms. The van der Waals surface area contributed by atoms with E-state index in [4.69, 9.17) is 5.73 Å². The molecule has 1 saturated heterocycles. The maximum Gasteiger partial charge on any atom is 0.240 e. The van der Waals surface area contributed by atoms with Gasteiger partial charge in [0.1, 0.15) is 0 Å². The Labute approximate surface area is 174 Å². The summed E-state index contributed by atoms with van der Waals surface area (Å²) in [5.41, 5.74) is 6.86. The summed E-state index contributed by atoms with van der Waals surface area (Å²) >= 11 is 0.